The van der Waals surface area contributed by atoms with E-state index in [1.165, 1.54) is 96.3 Å². The average Bonchev–Trinajstić information content (AvgIpc) is 2.68. The van der Waals surface area contributed by atoms with Crippen LogP contribution in [0.15, 0.2) is 0 Å². The average molecular weight is 386 g/mol. The highest BCUT2D eigenvalue weighted by Crippen LogP contribution is 2.13. The van der Waals surface area contributed by atoms with Crippen molar-refractivity contribution in [3.8, 4) is 0 Å². The van der Waals surface area contributed by atoms with Crippen molar-refractivity contribution in [1.82, 2.24) is 0 Å². The zero-order chi connectivity index (χ0) is 19.7. The molecule has 0 atom stereocenters. The van der Waals surface area contributed by atoms with Crippen LogP contribution in [0.1, 0.15) is 117 Å². The number of unbranched alkanes of at least 4 members (excludes halogenated alkanes) is 15. The summed E-state index contributed by atoms with van der Waals surface area (Å²) >= 11 is 0. The fourth-order valence-corrected chi connectivity index (χ4v) is 3.26. The van der Waals surface area contributed by atoms with E-state index < -0.39 is 0 Å². The Morgan fingerprint density at radius 3 is 1.41 bits per heavy atom. The van der Waals surface area contributed by atoms with Gasteiger partial charge in [0.2, 0.25) is 0 Å². The molecule has 27 heavy (non-hydrogen) atoms. The summed E-state index contributed by atoms with van der Waals surface area (Å²) in [6, 6.07) is 0. The molecule has 0 amide bonds. The van der Waals surface area contributed by atoms with Gasteiger partial charge in [0.1, 0.15) is 6.61 Å². The van der Waals surface area contributed by atoms with Crippen molar-refractivity contribution in [3.63, 3.8) is 0 Å². The number of hydrogen-bond donors (Lipinski definition) is 0. The van der Waals surface area contributed by atoms with Gasteiger partial charge in [-0.3, -0.25) is 0 Å². The van der Waals surface area contributed by atoms with E-state index in [4.69, 9.17) is 14.2 Å². The van der Waals surface area contributed by atoms with Gasteiger partial charge in [-0.2, -0.15) is 0 Å². The van der Waals surface area contributed by atoms with E-state index in [0.717, 1.165) is 19.6 Å². The molecule has 1 radical (unpaired) electrons. The van der Waals surface area contributed by atoms with Crippen LogP contribution in [-0.4, -0.2) is 33.0 Å². The van der Waals surface area contributed by atoms with Gasteiger partial charge in [0.15, 0.2) is 0 Å². The molecule has 0 bridgehead atoms. The van der Waals surface area contributed by atoms with Crippen LogP contribution >= 0.6 is 0 Å². The van der Waals surface area contributed by atoms with E-state index in [-0.39, 0.29) is 0 Å². The molecule has 0 spiro atoms. The van der Waals surface area contributed by atoms with Crippen LogP contribution in [0.5, 0.6) is 0 Å². The third-order valence-electron chi connectivity index (χ3n) is 5.00. The first kappa shape index (κ1) is 26.9. The Bertz CT molecular complexity index is 222. The van der Waals surface area contributed by atoms with Gasteiger partial charge in [-0.15, -0.1) is 0 Å². The number of hydrogen-bond acceptors (Lipinski definition) is 3. The second kappa shape index (κ2) is 25.9. The molecule has 3 nitrogen and oxygen atoms in total. The largest absolute Gasteiger partial charge is 0.379 e. The van der Waals surface area contributed by atoms with Gasteiger partial charge in [0.05, 0.1) is 19.8 Å². The Hall–Kier alpha value is -0.120. The highest BCUT2D eigenvalue weighted by molar-refractivity contribution is 4.51. The lowest BCUT2D eigenvalue weighted by Crippen LogP contribution is -2.06. The topological polar surface area (TPSA) is 27.7 Å². The Kier molecular flexibility index (Phi) is 25.8. The molecular formula is C24H49O3. The normalized spacial score (nSPS) is 11.3. The van der Waals surface area contributed by atoms with Gasteiger partial charge in [-0.1, -0.05) is 103 Å². The molecule has 163 valence electrons. The van der Waals surface area contributed by atoms with E-state index in [9.17, 15) is 0 Å². The van der Waals surface area contributed by atoms with Crippen molar-refractivity contribution < 1.29 is 14.2 Å². The number of ether oxygens (including phenoxy) is 3. The Balaban J connectivity index is 2.95. The minimum atomic E-state index is 0.561. The maximum Gasteiger partial charge on any atom is 0.109 e. The number of rotatable bonds is 24. The van der Waals surface area contributed by atoms with Crippen molar-refractivity contribution in [2.24, 2.45) is 0 Å². The smallest absolute Gasteiger partial charge is 0.109 e. The van der Waals surface area contributed by atoms with Gasteiger partial charge in [0, 0.05) is 13.2 Å². The molecule has 0 fully saturated rings. The summed E-state index contributed by atoms with van der Waals surface area (Å²) in [6.45, 7) is 9.51. The summed E-state index contributed by atoms with van der Waals surface area (Å²) in [5.74, 6) is 0. The van der Waals surface area contributed by atoms with Crippen LogP contribution in [0.4, 0.5) is 0 Å². The monoisotopic (exact) mass is 385 g/mol. The van der Waals surface area contributed by atoms with E-state index in [1.807, 2.05) is 6.92 Å². The molecule has 0 aromatic carbocycles. The maximum absolute atomic E-state index is 5.47. The highest BCUT2D eigenvalue weighted by Gasteiger charge is 1.95. The van der Waals surface area contributed by atoms with Gasteiger partial charge >= 0.3 is 0 Å². The fraction of sp³-hybridized carbons (Fsp3) is 0.958. The van der Waals surface area contributed by atoms with Crippen molar-refractivity contribution in [3.05, 3.63) is 6.61 Å². The first-order valence-electron chi connectivity index (χ1n) is 12.0. The van der Waals surface area contributed by atoms with Crippen LogP contribution in [0, 0.1) is 6.61 Å². The molecule has 0 aliphatic carbocycles. The third kappa shape index (κ3) is 25.9. The first-order chi connectivity index (χ1) is 13.4. The molecule has 0 aliphatic rings. The molecule has 0 N–H and O–H groups in total. The standard InChI is InChI=1S/C24H49O3/c1-3-5-6-7-8-9-10-11-12-13-14-15-16-17-18-19-20-26-23-24-27-22-21-25-4-2/h23H,3-22,24H2,1-2H3. The second-order valence-corrected chi connectivity index (χ2v) is 7.61. The molecule has 3 heteroatoms. The highest BCUT2D eigenvalue weighted by atomic mass is 16.5. The lowest BCUT2D eigenvalue weighted by molar-refractivity contribution is 0.0398. The minimum Gasteiger partial charge on any atom is -0.379 e. The summed E-state index contributed by atoms with van der Waals surface area (Å²) in [5.41, 5.74) is 0. The van der Waals surface area contributed by atoms with Crippen molar-refractivity contribution in [2.75, 3.05) is 33.0 Å². The molecule has 0 aromatic rings. The molecule has 0 aromatic heterocycles. The van der Waals surface area contributed by atoms with E-state index >= 15 is 0 Å². The minimum absolute atomic E-state index is 0.561. The molecule has 0 heterocycles. The maximum atomic E-state index is 5.47. The van der Waals surface area contributed by atoms with Gasteiger partial charge in [-0.05, 0) is 13.3 Å². The molecule has 0 rings (SSSR count). The van der Waals surface area contributed by atoms with Crippen molar-refractivity contribution in [1.29, 1.82) is 0 Å². The van der Waals surface area contributed by atoms with E-state index in [2.05, 4.69) is 6.92 Å². The Morgan fingerprint density at radius 1 is 0.481 bits per heavy atom. The summed E-state index contributed by atoms with van der Waals surface area (Å²) in [6.07, 6.45) is 22.5. The third-order valence-corrected chi connectivity index (χ3v) is 5.00. The zero-order valence-electron chi connectivity index (χ0n) is 18.7. The summed E-state index contributed by atoms with van der Waals surface area (Å²) in [5, 5.41) is 0. The summed E-state index contributed by atoms with van der Waals surface area (Å²) in [7, 11) is 0. The van der Waals surface area contributed by atoms with Crippen LogP contribution < -0.4 is 0 Å². The molecular weight excluding hydrogens is 336 g/mol. The van der Waals surface area contributed by atoms with Crippen molar-refractivity contribution in [2.45, 2.75) is 117 Å². The SMILES string of the molecule is CCCCCCCCCCCCCCCCCCO[CH]COCCOCC. The van der Waals surface area contributed by atoms with Crippen LogP contribution in [0.2, 0.25) is 0 Å². The first-order valence-corrected chi connectivity index (χ1v) is 12.0. The van der Waals surface area contributed by atoms with E-state index in [0.29, 0.717) is 19.8 Å². The van der Waals surface area contributed by atoms with Crippen LogP contribution in [-0.2, 0) is 14.2 Å². The van der Waals surface area contributed by atoms with E-state index in [1.54, 1.807) is 6.61 Å². The second-order valence-electron chi connectivity index (χ2n) is 7.61. The van der Waals surface area contributed by atoms with Gasteiger partial charge in [0.25, 0.3) is 0 Å². The van der Waals surface area contributed by atoms with Gasteiger partial charge < -0.3 is 14.2 Å². The summed E-state index contributed by atoms with van der Waals surface area (Å²) < 4.78 is 16.0. The molecule has 0 unspecified atom stereocenters. The Morgan fingerprint density at radius 2 is 0.926 bits per heavy atom. The molecule has 0 saturated heterocycles. The lowest BCUT2D eigenvalue weighted by Gasteiger charge is -2.06. The summed E-state index contributed by atoms with van der Waals surface area (Å²) in [4.78, 5) is 0. The molecule has 0 saturated carbocycles. The van der Waals surface area contributed by atoms with Crippen LogP contribution in [0.3, 0.4) is 0 Å². The predicted octanol–water partition coefficient (Wildman–Crippen LogP) is 7.48. The van der Waals surface area contributed by atoms with Gasteiger partial charge in [-0.25, -0.2) is 0 Å². The van der Waals surface area contributed by atoms with Crippen molar-refractivity contribution >= 4 is 0 Å². The fourth-order valence-electron chi connectivity index (χ4n) is 3.26. The quantitative estimate of drug-likeness (QED) is 0.161. The zero-order valence-corrected chi connectivity index (χ0v) is 18.7. The molecule has 0 aliphatic heterocycles. The lowest BCUT2D eigenvalue weighted by atomic mass is 10.0. The van der Waals surface area contributed by atoms with Crippen LogP contribution in [0.25, 0.3) is 0 Å². The Labute approximate surface area is 170 Å². The predicted molar refractivity (Wildman–Crippen MR) is 117 cm³/mol.